The SMILES string of the molecule is C=CC(=O)N1CC(NC(=O)Cn2c(C(=O)NCc3ccc(C(=O)O)s3)cc3cc(Br)ccc32)C1. The molecule has 4 rings (SSSR count). The van der Waals surface area contributed by atoms with E-state index in [1.165, 1.54) is 12.1 Å². The summed E-state index contributed by atoms with van der Waals surface area (Å²) in [5.74, 6) is -1.83. The number of benzene rings is 1. The largest absolute Gasteiger partial charge is 0.477 e. The van der Waals surface area contributed by atoms with Crippen molar-refractivity contribution in [3.05, 3.63) is 69.0 Å². The summed E-state index contributed by atoms with van der Waals surface area (Å²) in [6.07, 6.45) is 1.24. The highest BCUT2D eigenvalue weighted by molar-refractivity contribution is 9.10. The van der Waals surface area contributed by atoms with Crippen LogP contribution in [0.4, 0.5) is 0 Å². The third-order valence-corrected chi connectivity index (χ3v) is 6.99. The summed E-state index contributed by atoms with van der Waals surface area (Å²) < 4.78 is 2.49. The smallest absolute Gasteiger partial charge is 0.345 e. The number of likely N-dealkylation sites (tertiary alicyclic amines) is 1. The molecule has 0 radical (unpaired) electrons. The van der Waals surface area contributed by atoms with Gasteiger partial charge >= 0.3 is 5.97 Å². The van der Waals surface area contributed by atoms with Crippen LogP contribution in [0.3, 0.4) is 0 Å². The monoisotopic (exact) mass is 544 g/mol. The van der Waals surface area contributed by atoms with Crippen molar-refractivity contribution in [2.24, 2.45) is 0 Å². The minimum atomic E-state index is -1.01. The molecule has 1 aromatic carbocycles. The van der Waals surface area contributed by atoms with Crippen LogP contribution in [0.1, 0.15) is 25.0 Å². The standard InChI is InChI=1S/C23H21BrN4O5S/c1-2-21(30)27-10-15(11-27)26-20(29)12-28-17-5-3-14(24)7-13(17)8-18(28)22(31)25-9-16-4-6-19(34-16)23(32)33/h2-8,15H,1,9-12H2,(H,25,31)(H,26,29)(H,32,33). The Morgan fingerprint density at radius 3 is 2.62 bits per heavy atom. The van der Waals surface area contributed by atoms with Gasteiger partial charge in [0.2, 0.25) is 11.8 Å². The first kappa shape index (κ1) is 23.7. The van der Waals surface area contributed by atoms with E-state index in [1.54, 1.807) is 21.6 Å². The Morgan fingerprint density at radius 1 is 1.18 bits per heavy atom. The lowest BCUT2D eigenvalue weighted by Crippen LogP contribution is -2.61. The van der Waals surface area contributed by atoms with Gasteiger partial charge in [-0.05, 0) is 42.5 Å². The summed E-state index contributed by atoms with van der Waals surface area (Å²) in [6, 6.07) is 10.3. The van der Waals surface area contributed by atoms with Crippen LogP contribution in [0.15, 0.2) is 53.5 Å². The Bertz CT molecular complexity index is 1310. The highest BCUT2D eigenvalue weighted by atomic mass is 79.9. The van der Waals surface area contributed by atoms with Crippen LogP contribution in [-0.4, -0.2) is 57.4 Å². The number of carboxylic acid groups (broad SMARTS) is 1. The molecule has 9 nitrogen and oxygen atoms in total. The zero-order valence-electron chi connectivity index (χ0n) is 17.9. The fourth-order valence-electron chi connectivity index (χ4n) is 3.74. The van der Waals surface area contributed by atoms with E-state index in [0.717, 1.165) is 26.7 Å². The molecule has 1 fully saturated rings. The molecule has 1 aliphatic heterocycles. The maximum absolute atomic E-state index is 13.0. The Kier molecular flexibility index (Phi) is 6.85. The van der Waals surface area contributed by atoms with E-state index in [1.807, 2.05) is 18.2 Å². The van der Waals surface area contributed by atoms with Gasteiger partial charge in [0.1, 0.15) is 17.1 Å². The summed E-state index contributed by atoms with van der Waals surface area (Å²) in [5, 5.41) is 15.6. The molecule has 0 aliphatic carbocycles. The topological polar surface area (TPSA) is 121 Å². The molecule has 0 bridgehead atoms. The summed E-state index contributed by atoms with van der Waals surface area (Å²) in [4.78, 5) is 50.9. The van der Waals surface area contributed by atoms with Crippen LogP contribution in [0, 0.1) is 0 Å². The Labute approximate surface area is 207 Å². The van der Waals surface area contributed by atoms with E-state index in [2.05, 4.69) is 33.1 Å². The van der Waals surface area contributed by atoms with Crippen molar-refractivity contribution in [3.8, 4) is 0 Å². The molecule has 176 valence electrons. The number of halogens is 1. The number of rotatable bonds is 8. The quantitative estimate of drug-likeness (QED) is 0.376. The lowest BCUT2D eigenvalue weighted by Gasteiger charge is -2.38. The molecule has 11 heteroatoms. The molecule has 0 saturated carbocycles. The van der Waals surface area contributed by atoms with Gasteiger partial charge in [-0.1, -0.05) is 22.5 Å². The number of fused-ring (bicyclic) bond motifs is 1. The molecule has 1 aliphatic rings. The number of hydrogen-bond acceptors (Lipinski definition) is 5. The third-order valence-electron chi connectivity index (χ3n) is 5.43. The van der Waals surface area contributed by atoms with Crippen LogP contribution >= 0.6 is 27.3 Å². The van der Waals surface area contributed by atoms with Crippen molar-refractivity contribution in [1.29, 1.82) is 0 Å². The van der Waals surface area contributed by atoms with Crippen LogP contribution in [0.5, 0.6) is 0 Å². The normalized spacial score (nSPS) is 13.4. The molecule has 0 spiro atoms. The number of carbonyl (C=O) groups excluding carboxylic acids is 3. The van der Waals surface area contributed by atoms with E-state index >= 15 is 0 Å². The fraction of sp³-hybridized carbons (Fsp3) is 0.217. The summed E-state index contributed by atoms with van der Waals surface area (Å²) >= 11 is 4.52. The first-order chi connectivity index (χ1) is 16.2. The number of thiophene rings is 1. The van der Waals surface area contributed by atoms with Gasteiger partial charge in [-0.25, -0.2) is 4.79 Å². The van der Waals surface area contributed by atoms with Gasteiger partial charge in [-0.3, -0.25) is 14.4 Å². The minimum absolute atomic E-state index is 0.0675. The van der Waals surface area contributed by atoms with Crippen molar-refractivity contribution in [2.45, 2.75) is 19.1 Å². The number of nitrogens with zero attached hydrogens (tertiary/aromatic N) is 2. The molecule has 3 amide bonds. The second-order valence-corrected chi connectivity index (χ2v) is 9.87. The molecule has 3 N–H and O–H groups in total. The lowest BCUT2D eigenvalue weighted by atomic mass is 10.1. The number of aromatic carboxylic acids is 1. The number of hydrogen-bond donors (Lipinski definition) is 3. The van der Waals surface area contributed by atoms with Crippen LogP contribution < -0.4 is 10.6 Å². The van der Waals surface area contributed by atoms with Gasteiger partial charge < -0.3 is 25.2 Å². The average molecular weight is 545 g/mol. The predicted molar refractivity (Wildman–Crippen MR) is 131 cm³/mol. The first-order valence-corrected chi connectivity index (χ1v) is 12.0. The summed E-state index contributed by atoms with van der Waals surface area (Å²) in [7, 11) is 0. The molecule has 0 atom stereocenters. The van der Waals surface area contributed by atoms with Crippen molar-refractivity contribution >= 4 is 61.9 Å². The maximum Gasteiger partial charge on any atom is 0.345 e. The van der Waals surface area contributed by atoms with Gasteiger partial charge in [0.15, 0.2) is 0 Å². The Balaban J connectivity index is 1.48. The number of amides is 3. The lowest BCUT2D eigenvalue weighted by molar-refractivity contribution is -0.133. The molecule has 2 aromatic heterocycles. The van der Waals surface area contributed by atoms with Crippen LogP contribution in [0.2, 0.25) is 0 Å². The molecule has 0 unspecified atom stereocenters. The van der Waals surface area contributed by atoms with Gasteiger partial charge in [0.25, 0.3) is 5.91 Å². The zero-order chi connectivity index (χ0) is 24.4. The number of aromatic nitrogens is 1. The number of carboxylic acids is 1. The molecular formula is C23H21BrN4O5S. The molecule has 1 saturated heterocycles. The highest BCUT2D eigenvalue weighted by Crippen LogP contribution is 2.24. The van der Waals surface area contributed by atoms with Crippen molar-refractivity contribution in [2.75, 3.05) is 13.1 Å². The molecule has 34 heavy (non-hydrogen) atoms. The first-order valence-electron chi connectivity index (χ1n) is 10.3. The van der Waals surface area contributed by atoms with Crippen LogP contribution in [-0.2, 0) is 22.7 Å². The van der Waals surface area contributed by atoms with Crippen molar-refractivity contribution < 1.29 is 24.3 Å². The maximum atomic E-state index is 13.0. The zero-order valence-corrected chi connectivity index (χ0v) is 20.3. The van der Waals surface area contributed by atoms with Gasteiger partial charge in [-0.2, -0.15) is 0 Å². The second kappa shape index (κ2) is 9.82. The fourth-order valence-corrected chi connectivity index (χ4v) is 4.91. The average Bonchev–Trinajstić information content (AvgIpc) is 3.39. The van der Waals surface area contributed by atoms with Gasteiger partial charge in [0.05, 0.1) is 12.6 Å². The van der Waals surface area contributed by atoms with Crippen LogP contribution in [0.25, 0.3) is 10.9 Å². The highest BCUT2D eigenvalue weighted by Gasteiger charge is 2.30. The van der Waals surface area contributed by atoms with E-state index in [9.17, 15) is 19.2 Å². The summed E-state index contributed by atoms with van der Waals surface area (Å²) in [5.41, 5.74) is 1.04. The predicted octanol–water partition coefficient (Wildman–Crippen LogP) is 2.61. The molecule has 3 heterocycles. The van der Waals surface area contributed by atoms with Crippen molar-refractivity contribution in [3.63, 3.8) is 0 Å². The van der Waals surface area contributed by atoms with Crippen molar-refractivity contribution in [1.82, 2.24) is 20.1 Å². The Hall–Kier alpha value is -3.44. The number of nitrogens with one attached hydrogen (secondary N) is 2. The number of carbonyl (C=O) groups is 4. The minimum Gasteiger partial charge on any atom is -0.477 e. The Morgan fingerprint density at radius 2 is 1.94 bits per heavy atom. The third kappa shape index (κ3) is 5.05. The molecular weight excluding hydrogens is 524 g/mol. The van der Waals surface area contributed by atoms with E-state index in [4.69, 9.17) is 5.11 Å². The van der Waals surface area contributed by atoms with Gasteiger partial charge in [-0.15, -0.1) is 11.3 Å². The second-order valence-electron chi connectivity index (χ2n) is 7.78. The van der Waals surface area contributed by atoms with E-state index in [-0.39, 0.29) is 41.7 Å². The molecule has 3 aromatic rings. The van der Waals surface area contributed by atoms with E-state index in [0.29, 0.717) is 23.7 Å². The summed E-state index contributed by atoms with van der Waals surface area (Å²) in [6.45, 7) is 4.40. The van der Waals surface area contributed by atoms with E-state index < -0.39 is 5.97 Å². The van der Waals surface area contributed by atoms with Gasteiger partial charge in [0, 0.05) is 33.3 Å².